The summed E-state index contributed by atoms with van der Waals surface area (Å²) in [5.74, 6) is -1.36. The van der Waals surface area contributed by atoms with Crippen molar-refractivity contribution in [1.29, 1.82) is 0 Å². The third kappa shape index (κ3) is 17.1. The van der Waals surface area contributed by atoms with Gasteiger partial charge in [-0.25, -0.2) is 0 Å². The molecule has 0 saturated heterocycles. The quantitative estimate of drug-likeness (QED) is 0.332. The molecule has 0 aliphatic carbocycles. The lowest BCUT2D eigenvalue weighted by Crippen LogP contribution is -2.31. The number of esters is 1. The molecule has 0 bridgehead atoms. The summed E-state index contributed by atoms with van der Waals surface area (Å²) in [6.07, 6.45) is 13.7. The van der Waals surface area contributed by atoms with Gasteiger partial charge in [-0.15, -0.1) is 0 Å². The number of carboxylic acids is 1. The number of aliphatic carboxylic acids is 1. The zero-order valence-corrected chi connectivity index (χ0v) is 14.9. The minimum absolute atomic E-state index is 0.0470. The summed E-state index contributed by atoms with van der Waals surface area (Å²) < 4.78 is 5.22. The molecule has 0 spiro atoms. The summed E-state index contributed by atoms with van der Waals surface area (Å²) in [5.41, 5.74) is 0. The first kappa shape index (κ1) is 21.9. The van der Waals surface area contributed by atoms with E-state index in [-0.39, 0.29) is 25.2 Å². The number of carbonyl (C=O) groups is 2. The molecule has 5 nitrogen and oxygen atoms in total. The van der Waals surface area contributed by atoms with E-state index in [0.29, 0.717) is 0 Å². The normalized spacial score (nSPS) is 12.1. The minimum Gasteiger partial charge on any atom is -0.480 e. The highest BCUT2D eigenvalue weighted by Gasteiger charge is 2.09. The van der Waals surface area contributed by atoms with Crippen molar-refractivity contribution >= 4 is 11.9 Å². The van der Waals surface area contributed by atoms with Crippen LogP contribution in [0.25, 0.3) is 0 Å². The second kappa shape index (κ2) is 15.8. The summed E-state index contributed by atoms with van der Waals surface area (Å²) in [5, 5.41) is 11.0. The lowest BCUT2D eigenvalue weighted by atomic mass is 10.0. The maximum Gasteiger partial charge on any atom is 0.320 e. The van der Waals surface area contributed by atoms with Crippen LogP contribution < -0.4 is 5.32 Å². The monoisotopic (exact) mass is 329 g/mol. The van der Waals surface area contributed by atoms with Gasteiger partial charge < -0.3 is 9.84 Å². The number of ether oxygens (including phenoxy) is 1. The van der Waals surface area contributed by atoms with E-state index in [4.69, 9.17) is 9.84 Å². The molecule has 1 atom stereocenters. The van der Waals surface area contributed by atoms with Crippen molar-refractivity contribution in [3.05, 3.63) is 0 Å². The van der Waals surface area contributed by atoms with Crippen molar-refractivity contribution in [3.63, 3.8) is 0 Å². The van der Waals surface area contributed by atoms with Crippen LogP contribution >= 0.6 is 0 Å². The number of hydrogen-bond acceptors (Lipinski definition) is 4. The first-order valence-electron chi connectivity index (χ1n) is 9.18. The first-order chi connectivity index (χ1) is 11.1. The van der Waals surface area contributed by atoms with E-state index < -0.39 is 5.97 Å². The standard InChI is InChI=1S/C18H35NO4/c1-3-4-5-6-7-8-9-10-11-12-13-16(2)23-18(22)15-19-14-17(20)21/h16,19H,3-15H2,1-2H3,(H,20,21). The molecule has 0 aromatic heterocycles. The molecule has 1 unspecified atom stereocenters. The predicted molar refractivity (Wildman–Crippen MR) is 92.5 cm³/mol. The van der Waals surface area contributed by atoms with Crippen LogP contribution in [-0.2, 0) is 14.3 Å². The fourth-order valence-corrected chi connectivity index (χ4v) is 2.52. The highest BCUT2D eigenvalue weighted by atomic mass is 16.5. The topological polar surface area (TPSA) is 75.6 Å². The molecule has 0 aliphatic rings. The Morgan fingerprint density at radius 3 is 1.96 bits per heavy atom. The Kier molecular flexibility index (Phi) is 15.0. The molecule has 0 radical (unpaired) electrons. The van der Waals surface area contributed by atoms with E-state index in [9.17, 15) is 9.59 Å². The SMILES string of the molecule is CCCCCCCCCCCCC(C)OC(=O)CNCC(=O)O. The van der Waals surface area contributed by atoms with Crippen LogP contribution in [0.5, 0.6) is 0 Å². The highest BCUT2D eigenvalue weighted by Crippen LogP contribution is 2.12. The molecular formula is C18H35NO4. The molecule has 0 aromatic carbocycles. The molecule has 23 heavy (non-hydrogen) atoms. The fraction of sp³-hybridized carbons (Fsp3) is 0.889. The zero-order chi connectivity index (χ0) is 17.3. The van der Waals surface area contributed by atoms with Gasteiger partial charge in [0.05, 0.1) is 19.2 Å². The van der Waals surface area contributed by atoms with Crippen LogP contribution in [0, 0.1) is 0 Å². The van der Waals surface area contributed by atoms with Gasteiger partial charge in [0, 0.05) is 0 Å². The largest absolute Gasteiger partial charge is 0.480 e. The Morgan fingerprint density at radius 2 is 1.43 bits per heavy atom. The van der Waals surface area contributed by atoms with Crippen LogP contribution in [0.15, 0.2) is 0 Å². The fourth-order valence-electron chi connectivity index (χ4n) is 2.52. The van der Waals surface area contributed by atoms with E-state index in [1.165, 1.54) is 57.8 Å². The van der Waals surface area contributed by atoms with Gasteiger partial charge in [0.15, 0.2) is 0 Å². The summed E-state index contributed by atoms with van der Waals surface area (Å²) in [4.78, 5) is 21.7. The van der Waals surface area contributed by atoms with Crippen molar-refractivity contribution < 1.29 is 19.4 Å². The van der Waals surface area contributed by atoms with E-state index in [2.05, 4.69) is 12.2 Å². The summed E-state index contributed by atoms with van der Waals surface area (Å²) in [7, 11) is 0. The third-order valence-corrected chi connectivity index (χ3v) is 3.84. The van der Waals surface area contributed by atoms with Crippen LogP contribution in [0.4, 0.5) is 0 Å². The molecule has 0 heterocycles. The van der Waals surface area contributed by atoms with Gasteiger partial charge in [0.1, 0.15) is 0 Å². The van der Waals surface area contributed by atoms with Gasteiger partial charge >= 0.3 is 11.9 Å². The van der Waals surface area contributed by atoms with Crippen molar-refractivity contribution in [1.82, 2.24) is 5.32 Å². The first-order valence-corrected chi connectivity index (χ1v) is 9.18. The van der Waals surface area contributed by atoms with Crippen molar-refractivity contribution in [3.8, 4) is 0 Å². The Hall–Kier alpha value is -1.10. The van der Waals surface area contributed by atoms with E-state index in [1.54, 1.807) is 0 Å². The number of nitrogens with one attached hydrogen (secondary N) is 1. The number of hydrogen-bond donors (Lipinski definition) is 2. The Bertz CT molecular complexity index is 307. The van der Waals surface area contributed by atoms with E-state index in [0.717, 1.165) is 12.8 Å². The molecule has 5 heteroatoms. The van der Waals surface area contributed by atoms with Gasteiger partial charge in [-0.2, -0.15) is 0 Å². The van der Waals surface area contributed by atoms with Crippen molar-refractivity contribution in [2.24, 2.45) is 0 Å². The van der Waals surface area contributed by atoms with Crippen LogP contribution in [0.1, 0.15) is 84.5 Å². The summed E-state index contributed by atoms with van der Waals surface area (Å²) >= 11 is 0. The maximum absolute atomic E-state index is 11.4. The Balaban J connectivity index is 3.34. The molecule has 0 amide bonds. The van der Waals surface area contributed by atoms with Crippen LogP contribution in [-0.4, -0.2) is 36.2 Å². The van der Waals surface area contributed by atoms with E-state index in [1.807, 2.05) is 6.92 Å². The molecule has 2 N–H and O–H groups in total. The molecule has 0 fully saturated rings. The van der Waals surface area contributed by atoms with Crippen LogP contribution in [0.3, 0.4) is 0 Å². The number of carboxylic acid groups (broad SMARTS) is 1. The average molecular weight is 329 g/mol. The molecule has 0 rings (SSSR count). The predicted octanol–water partition coefficient (Wildman–Crippen LogP) is 3.90. The smallest absolute Gasteiger partial charge is 0.320 e. The van der Waals surface area contributed by atoms with Crippen LogP contribution in [0.2, 0.25) is 0 Å². The second-order valence-electron chi connectivity index (χ2n) is 6.27. The van der Waals surface area contributed by atoms with Gasteiger partial charge in [0.25, 0.3) is 0 Å². The van der Waals surface area contributed by atoms with Gasteiger partial charge in [0.2, 0.25) is 0 Å². The lowest BCUT2D eigenvalue weighted by molar-refractivity contribution is -0.147. The maximum atomic E-state index is 11.4. The lowest BCUT2D eigenvalue weighted by Gasteiger charge is -2.13. The van der Waals surface area contributed by atoms with Crippen molar-refractivity contribution in [2.75, 3.05) is 13.1 Å². The van der Waals surface area contributed by atoms with Gasteiger partial charge in [-0.3, -0.25) is 14.9 Å². The zero-order valence-electron chi connectivity index (χ0n) is 14.9. The molecular weight excluding hydrogens is 294 g/mol. The Labute approximate surface area is 141 Å². The number of rotatable bonds is 16. The van der Waals surface area contributed by atoms with E-state index >= 15 is 0 Å². The summed E-state index contributed by atoms with van der Waals surface area (Å²) in [6.45, 7) is 3.87. The number of carbonyl (C=O) groups excluding carboxylic acids is 1. The highest BCUT2D eigenvalue weighted by molar-refractivity contribution is 5.74. The second-order valence-corrected chi connectivity index (χ2v) is 6.27. The third-order valence-electron chi connectivity index (χ3n) is 3.84. The van der Waals surface area contributed by atoms with Gasteiger partial charge in [-0.05, 0) is 19.8 Å². The average Bonchev–Trinajstić information content (AvgIpc) is 2.48. The molecule has 0 aromatic rings. The molecule has 0 aliphatic heterocycles. The molecule has 136 valence electrons. The Morgan fingerprint density at radius 1 is 0.913 bits per heavy atom. The minimum atomic E-state index is -0.976. The summed E-state index contributed by atoms with van der Waals surface area (Å²) in [6, 6.07) is 0. The van der Waals surface area contributed by atoms with Gasteiger partial charge in [-0.1, -0.05) is 64.7 Å². The molecule has 0 saturated carbocycles. The van der Waals surface area contributed by atoms with Crippen molar-refractivity contribution in [2.45, 2.75) is 90.6 Å². The number of unbranched alkanes of at least 4 members (excludes halogenated alkanes) is 9.